The van der Waals surface area contributed by atoms with Gasteiger partial charge in [-0.15, -0.1) is 0 Å². The maximum absolute atomic E-state index is 12.4. The second kappa shape index (κ2) is 5.01. The number of rotatable bonds is 2. The molecule has 0 aliphatic carbocycles. The number of benzene rings is 2. The molecule has 7 heteroatoms. The van der Waals surface area contributed by atoms with Gasteiger partial charge in [0.1, 0.15) is 0 Å². The van der Waals surface area contributed by atoms with Gasteiger partial charge in [-0.1, -0.05) is 45.3 Å². The van der Waals surface area contributed by atoms with Gasteiger partial charge in [-0.25, -0.2) is 4.68 Å². The Labute approximate surface area is 122 Å². The van der Waals surface area contributed by atoms with Crippen molar-refractivity contribution in [3.8, 4) is 0 Å². The van der Waals surface area contributed by atoms with Crippen LogP contribution < -0.4 is 5.32 Å². The van der Waals surface area contributed by atoms with Gasteiger partial charge in [0.25, 0.3) is 5.91 Å². The third-order valence-electron chi connectivity index (χ3n) is 2.96. The summed E-state index contributed by atoms with van der Waals surface area (Å²) in [6.07, 6.45) is 0. The SMILES string of the molecule is Cn1nnnc1NC(=O)c1cccc2c(Br)cccc12. The highest BCUT2D eigenvalue weighted by Crippen LogP contribution is 2.26. The molecule has 0 bridgehead atoms. The quantitative estimate of drug-likeness (QED) is 0.782. The van der Waals surface area contributed by atoms with Gasteiger partial charge in [0, 0.05) is 17.1 Å². The van der Waals surface area contributed by atoms with Crippen molar-refractivity contribution in [3.05, 3.63) is 46.4 Å². The average molecular weight is 332 g/mol. The van der Waals surface area contributed by atoms with Crippen molar-refractivity contribution in [2.24, 2.45) is 7.05 Å². The van der Waals surface area contributed by atoms with Crippen LogP contribution >= 0.6 is 15.9 Å². The predicted molar refractivity (Wildman–Crippen MR) is 78.4 cm³/mol. The van der Waals surface area contributed by atoms with E-state index < -0.39 is 0 Å². The van der Waals surface area contributed by atoms with E-state index in [1.807, 2.05) is 30.3 Å². The molecule has 0 fully saturated rings. The summed E-state index contributed by atoms with van der Waals surface area (Å²) in [4.78, 5) is 12.4. The number of carbonyl (C=O) groups excluding carboxylic acids is 1. The number of nitrogens with one attached hydrogen (secondary N) is 1. The zero-order valence-corrected chi connectivity index (χ0v) is 12.1. The molecule has 0 radical (unpaired) electrons. The molecular weight excluding hydrogens is 322 g/mol. The summed E-state index contributed by atoms with van der Waals surface area (Å²) in [6.45, 7) is 0. The van der Waals surface area contributed by atoms with Crippen LogP contribution in [0.15, 0.2) is 40.9 Å². The molecule has 100 valence electrons. The highest BCUT2D eigenvalue weighted by molar-refractivity contribution is 9.10. The second-order valence-electron chi connectivity index (χ2n) is 4.22. The number of aryl methyl sites for hydroxylation is 1. The number of hydrogen-bond acceptors (Lipinski definition) is 4. The number of aromatic nitrogens is 4. The molecule has 0 saturated carbocycles. The molecule has 0 saturated heterocycles. The van der Waals surface area contributed by atoms with E-state index in [9.17, 15) is 4.79 Å². The van der Waals surface area contributed by atoms with Crippen LogP contribution in [0.5, 0.6) is 0 Å². The zero-order chi connectivity index (χ0) is 14.1. The minimum atomic E-state index is -0.244. The van der Waals surface area contributed by atoms with Crippen LogP contribution in [0.25, 0.3) is 10.8 Å². The van der Waals surface area contributed by atoms with E-state index in [1.165, 1.54) is 4.68 Å². The van der Waals surface area contributed by atoms with Crippen molar-refractivity contribution in [1.29, 1.82) is 0 Å². The second-order valence-corrected chi connectivity index (χ2v) is 5.08. The van der Waals surface area contributed by atoms with Gasteiger partial charge in [0.15, 0.2) is 0 Å². The first kappa shape index (κ1) is 12.7. The van der Waals surface area contributed by atoms with E-state index in [0.717, 1.165) is 15.2 Å². The van der Waals surface area contributed by atoms with Gasteiger partial charge in [-0.05, 0) is 33.3 Å². The fraction of sp³-hybridized carbons (Fsp3) is 0.0769. The highest BCUT2D eigenvalue weighted by atomic mass is 79.9. The van der Waals surface area contributed by atoms with Crippen LogP contribution in [-0.2, 0) is 7.05 Å². The predicted octanol–water partition coefficient (Wildman–Crippen LogP) is 2.38. The van der Waals surface area contributed by atoms with Crippen molar-refractivity contribution in [2.75, 3.05) is 5.32 Å². The molecule has 1 amide bonds. The number of amides is 1. The summed E-state index contributed by atoms with van der Waals surface area (Å²) < 4.78 is 2.35. The van der Waals surface area contributed by atoms with Crippen molar-refractivity contribution >= 4 is 38.6 Å². The maximum atomic E-state index is 12.4. The lowest BCUT2D eigenvalue weighted by atomic mass is 10.0. The number of fused-ring (bicyclic) bond motifs is 1. The molecule has 2 aromatic carbocycles. The summed E-state index contributed by atoms with van der Waals surface area (Å²) in [5, 5.41) is 15.4. The Morgan fingerprint density at radius 3 is 2.70 bits per heavy atom. The number of anilines is 1. The smallest absolute Gasteiger partial charge is 0.258 e. The molecule has 1 heterocycles. The third-order valence-corrected chi connectivity index (χ3v) is 3.65. The molecule has 20 heavy (non-hydrogen) atoms. The van der Waals surface area contributed by atoms with Crippen LogP contribution in [0.2, 0.25) is 0 Å². The third kappa shape index (κ3) is 2.16. The Hall–Kier alpha value is -2.28. The molecular formula is C13H10BrN5O. The Morgan fingerprint density at radius 1 is 1.20 bits per heavy atom. The van der Waals surface area contributed by atoms with E-state index in [0.29, 0.717) is 11.5 Å². The molecule has 0 atom stereocenters. The summed E-state index contributed by atoms with van der Waals surface area (Å²) in [6, 6.07) is 11.3. The molecule has 3 rings (SSSR count). The fourth-order valence-electron chi connectivity index (χ4n) is 1.97. The van der Waals surface area contributed by atoms with Crippen LogP contribution in [0.1, 0.15) is 10.4 Å². The maximum Gasteiger partial charge on any atom is 0.258 e. The first-order valence-electron chi connectivity index (χ1n) is 5.88. The molecule has 0 spiro atoms. The summed E-state index contributed by atoms with van der Waals surface area (Å²) >= 11 is 3.48. The first-order valence-corrected chi connectivity index (χ1v) is 6.67. The van der Waals surface area contributed by atoms with Crippen molar-refractivity contribution in [1.82, 2.24) is 20.2 Å². The summed E-state index contributed by atoms with van der Waals surface area (Å²) in [7, 11) is 1.66. The summed E-state index contributed by atoms with van der Waals surface area (Å²) in [5.41, 5.74) is 0.576. The topological polar surface area (TPSA) is 72.7 Å². The minimum Gasteiger partial charge on any atom is -0.289 e. The number of halogens is 1. The van der Waals surface area contributed by atoms with E-state index in [1.54, 1.807) is 13.1 Å². The molecule has 6 nitrogen and oxygen atoms in total. The molecule has 3 aromatic rings. The molecule has 1 N–H and O–H groups in total. The largest absolute Gasteiger partial charge is 0.289 e. The van der Waals surface area contributed by atoms with Gasteiger partial charge in [0.05, 0.1) is 0 Å². The molecule has 1 aromatic heterocycles. The van der Waals surface area contributed by atoms with Gasteiger partial charge >= 0.3 is 0 Å². The monoisotopic (exact) mass is 331 g/mol. The van der Waals surface area contributed by atoms with E-state index in [2.05, 4.69) is 36.8 Å². The standard InChI is InChI=1S/C13H10BrN5O/c1-19-13(16-17-18-19)15-12(20)10-6-2-5-9-8(10)4-3-7-11(9)14/h2-7H,1H3,(H,15,16,18,20). The van der Waals surface area contributed by atoms with Crippen molar-refractivity contribution in [2.45, 2.75) is 0 Å². The van der Waals surface area contributed by atoms with Crippen molar-refractivity contribution in [3.63, 3.8) is 0 Å². The first-order chi connectivity index (χ1) is 9.66. The summed E-state index contributed by atoms with van der Waals surface area (Å²) in [5.74, 6) is 0.0635. The van der Waals surface area contributed by atoms with E-state index in [4.69, 9.17) is 0 Å². The minimum absolute atomic E-state index is 0.244. The van der Waals surface area contributed by atoms with Gasteiger partial charge in [-0.3, -0.25) is 10.1 Å². The lowest BCUT2D eigenvalue weighted by molar-refractivity contribution is 0.102. The lowest BCUT2D eigenvalue weighted by Crippen LogP contribution is -2.15. The highest BCUT2D eigenvalue weighted by Gasteiger charge is 2.13. The molecule has 0 aliphatic heterocycles. The van der Waals surface area contributed by atoms with Crippen LogP contribution in [0, 0.1) is 0 Å². The Morgan fingerprint density at radius 2 is 1.95 bits per heavy atom. The van der Waals surface area contributed by atoms with Crippen LogP contribution in [0.4, 0.5) is 5.95 Å². The Kier molecular flexibility index (Phi) is 3.19. The Bertz CT molecular complexity index is 798. The van der Waals surface area contributed by atoms with E-state index in [-0.39, 0.29) is 5.91 Å². The van der Waals surface area contributed by atoms with Gasteiger partial charge < -0.3 is 0 Å². The number of nitrogens with zero attached hydrogens (tertiary/aromatic N) is 4. The number of carbonyl (C=O) groups is 1. The lowest BCUT2D eigenvalue weighted by Gasteiger charge is -2.07. The van der Waals surface area contributed by atoms with E-state index >= 15 is 0 Å². The Balaban J connectivity index is 2.04. The van der Waals surface area contributed by atoms with Gasteiger partial charge in [-0.2, -0.15) is 0 Å². The van der Waals surface area contributed by atoms with Gasteiger partial charge in [0.2, 0.25) is 5.95 Å². The normalized spacial score (nSPS) is 10.7. The average Bonchev–Trinajstić information content (AvgIpc) is 2.84. The van der Waals surface area contributed by atoms with Crippen molar-refractivity contribution < 1.29 is 4.79 Å². The van der Waals surface area contributed by atoms with Crippen LogP contribution in [-0.4, -0.2) is 26.1 Å². The molecule has 0 aliphatic rings. The number of hydrogen-bond donors (Lipinski definition) is 1. The number of tetrazole rings is 1. The molecule has 0 unspecified atom stereocenters. The fourth-order valence-corrected chi connectivity index (χ4v) is 2.47. The van der Waals surface area contributed by atoms with Crippen LogP contribution in [0.3, 0.4) is 0 Å². The zero-order valence-electron chi connectivity index (χ0n) is 10.5.